The van der Waals surface area contributed by atoms with Gasteiger partial charge in [0.1, 0.15) is 5.72 Å². The van der Waals surface area contributed by atoms with E-state index in [9.17, 15) is 0 Å². The number of hydrogen-bond acceptors (Lipinski definition) is 3. The van der Waals surface area contributed by atoms with Crippen LogP contribution in [0, 0.1) is 0 Å². The Morgan fingerprint density at radius 1 is 1.70 bits per heavy atom. The third-order valence-electron chi connectivity index (χ3n) is 1.83. The Hall–Kier alpha value is -0.120. The molecule has 1 fully saturated rings. The summed E-state index contributed by atoms with van der Waals surface area (Å²) in [5, 5.41) is 11.7. The molecular weight excluding hydrogens is 130 g/mol. The molecule has 60 valence electrons. The van der Waals surface area contributed by atoms with Crippen LogP contribution in [0.3, 0.4) is 0 Å². The van der Waals surface area contributed by atoms with Gasteiger partial charge >= 0.3 is 0 Å². The van der Waals surface area contributed by atoms with Crippen LogP contribution < -0.4 is 5.32 Å². The highest BCUT2D eigenvalue weighted by Gasteiger charge is 2.28. The lowest BCUT2D eigenvalue weighted by Gasteiger charge is -2.23. The largest absolute Gasteiger partial charge is 0.395 e. The maximum atomic E-state index is 8.52. The minimum atomic E-state index is -0.164. The predicted octanol–water partition coefficient (Wildman–Crippen LogP) is 0.0949. The van der Waals surface area contributed by atoms with Gasteiger partial charge in [0.15, 0.2) is 0 Å². The summed E-state index contributed by atoms with van der Waals surface area (Å²) in [4.78, 5) is 0. The molecule has 0 spiro atoms. The summed E-state index contributed by atoms with van der Waals surface area (Å²) in [6.45, 7) is 3.67. The number of nitrogens with one attached hydrogen (secondary N) is 1. The second-order valence-corrected chi connectivity index (χ2v) is 2.83. The van der Waals surface area contributed by atoms with Gasteiger partial charge in [-0.2, -0.15) is 0 Å². The third-order valence-corrected chi connectivity index (χ3v) is 1.83. The summed E-state index contributed by atoms with van der Waals surface area (Å²) in [7, 11) is 0. The lowest BCUT2D eigenvalue weighted by atomic mass is 10.2. The Morgan fingerprint density at radius 2 is 2.50 bits per heavy atom. The second kappa shape index (κ2) is 3.32. The SMILES string of the molecule is CC1(NCCO)CCCO1. The molecule has 1 aliphatic rings. The van der Waals surface area contributed by atoms with Crippen molar-refractivity contribution in [3.05, 3.63) is 0 Å². The van der Waals surface area contributed by atoms with Crippen LogP contribution in [0.25, 0.3) is 0 Å². The van der Waals surface area contributed by atoms with E-state index in [-0.39, 0.29) is 12.3 Å². The average molecular weight is 145 g/mol. The minimum Gasteiger partial charge on any atom is -0.395 e. The number of rotatable bonds is 3. The van der Waals surface area contributed by atoms with E-state index in [0.29, 0.717) is 6.54 Å². The molecule has 0 aromatic heterocycles. The lowest BCUT2D eigenvalue weighted by molar-refractivity contribution is -0.0111. The molecule has 0 aromatic rings. The predicted molar refractivity (Wildman–Crippen MR) is 38.7 cm³/mol. The van der Waals surface area contributed by atoms with Gasteiger partial charge in [-0.05, 0) is 19.8 Å². The molecular formula is C7H15NO2. The Labute approximate surface area is 61.4 Å². The van der Waals surface area contributed by atoms with E-state index in [2.05, 4.69) is 5.32 Å². The van der Waals surface area contributed by atoms with Crippen molar-refractivity contribution in [3.63, 3.8) is 0 Å². The van der Waals surface area contributed by atoms with Gasteiger partial charge in [0.05, 0.1) is 6.61 Å². The summed E-state index contributed by atoms with van der Waals surface area (Å²) < 4.78 is 5.42. The van der Waals surface area contributed by atoms with Gasteiger partial charge < -0.3 is 9.84 Å². The van der Waals surface area contributed by atoms with Crippen molar-refractivity contribution in [2.75, 3.05) is 19.8 Å². The van der Waals surface area contributed by atoms with Crippen LogP contribution in [0.15, 0.2) is 0 Å². The fourth-order valence-corrected chi connectivity index (χ4v) is 1.24. The molecule has 0 radical (unpaired) electrons. The first-order valence-corrected chi connectivity index (χ1v) is 3.77. The molecule has 1 aliphatic heterocycles. The third kappa shape index (κ3) is 1.94. The number of aliphatic hydroxyl groups excluding tert-OH is 1. The Kier molecular flexibility index (Phi) is 2.65. The van der Waals surface area contributed by atoms with E-state index < -0.39 is 0 Å². The highest BCUT2D eigenvalue weighted by molar-refractivity contribution is 4.76. The molecule has 0 aromatic carbocycles. The van der Waals surface area contributed by atoms with Gasteiger partial charge in [-0.15, -0.1) is 0 Å². The van der Waals surface area contributed by atoms with Crippen molar-refractivity contribution in [1.82, 2.24) is 5.32 Å². The molecule has 2 N–H and O–H groups in total. The molecule has 1 heterocycles. The van der Waals surface area contributed by atoms with E-state index in [0.717, 1.165) is 19.4 Å². The van der Waals surface area contributed by atoms with Gasteiger partial charge in [0.25, 0.3) is 0 Å². The van der Waals surface area contributed by atoms with Gasteiger partial charge in [-0.3, -0.25) is 5.32 Å². The quantitative estimate of drug-likeness (QED) is 0.591. The van der Waals surface area contributed by atoms with E-state index in [1.165, 1.54) is 0 Å². The molecule has 10 heavy (non-hydrogen) atoms. The second-order valence-electron chi connectivity index (χ2n) is 2.83. The van der Waals surface area contributed by atoms with Gasteiger partial charge in [-0.1, -0.05) is 0 Å². The first-order valence-electron chi connectivity index (χ1n) is 3.77. The van der Waals surface area contributed by atoms with Crippen LogP contribution in [0.5, 0.6) is 0 Å². The van der Waals surface area contributed by atoms with Crippen molar-refractivity contribution < 1.29 is 9.84 Å². The van der Waals surface area contributed by atoms with Crippen molar-refractivity contribution in [3.8, 4) is 0 Å². The smallest absolute Gasteiger partial charge is 0.116 e. The molecule has 0 amide bonds. The van der Waals surface area contributed by atoms with Gasteiger partial charge in [-0.25, -0.2) is 0 Å². The van der Waals surface area contributed by atoms with Crippen LogP contribution in [0.2, 0.25) is 0 Å². The number of hydrogen-bond donors (Lipinski definition) is 2. The summed E-state index contributed by atoms with van der Waals surface area (Å²) >= 11 is 0. The molecule has 1 atom stereocenters. The number of ether oxygens (including phenoxy) is 1. The fourth-order valence-electron chi connectivity index (χ4n) is 1.24. The van der Waals surface area contributed by atoms with Crippen molar-refractivity contribution in [1.29, 1.82) is 0 Å². The summed E-state index contributed by atoms with van der Waals surface area (Å²) in [5.41, 5.74) is -0.164. The van der Waals surface area contributed by atoms with Crippen molar-refractivity contribution >= 4 is 0 Å². The molecule has 0 saturated carbocycles. The Morgan fingerprint density at radius 3 is 3.00 bits per heavy atom. The van der Waals surface area contributed by atoms with Gasteiger partial charge in [0.2, 0.25) is 0 Å². The molecule has 3 heteroatoms. The fraction of sp³-hybridized carbons (Fsp3) is 1.00. The maximum Gasteiger partial charge on any atom is 0.116 e. The highest BCUT2D eigenvalue weighted by atomic mass is 16.5. The average Bonchev–Trinajstić information content (AvgIpc) is 2.33. The zero-order valence-electron chi connectivity index (χ0n) is 6.39. The monoisotopic (exact) mass is 145 g/mol. The Balaban J connectivity index is 2.22. The van der Waals surface area contributed by atoms with E-state index in [1.807, 2.05) is 6.92 Å². The lowest BCUT2D eigenvalue weighted by Crippen LogP contribution is -2.42. The zero-order valence-corrected chi connectivity index (χ0v) is 6.39. The zero-order chi connectivity index (χ0) is 7.45. The van der Waals surface area contributed by atoms with Crippen LogP contribution in [-0.2, 0) is 4.74 Å². The van der Waals surface area contributed by atoms with Crippen molar-refractivity contribution in [2.45, 2.75) is 25.5 Å². The van der Waals surface area contributed by atoms with E-state index in [4.69, 9.17) is 9.84 Å². The summed E-state index contributed by atoms with van der Waals surface area (Å²) in [6.07, 6.45) is 2.17. The molecule has 0 bridgehead atoms. The van der Waals surface area contributed by atoms with Crippen molar-refractivity contribution in [2.24, 2.45) is 0 Å². The van der Waals surface area contributed by atoms with Gasteiger partial charge in [0, 0.05) is 13.2 Å². The number of aliphatic hydroxyl groups is 1. The first-order chi connectivity index (χ1) is 4.77. The summed E-state index contributed by atoms with van der Waals surface area (Å²) in [6, 6.07) is 0. The molecule has 1 rings (SSSR count). The molecule has 1 unspecified atom stereocenters. The normalized spacial score (nSPS) is 33.0. The Bertz CT molecular complexity index is 99.8. The standard InChI is InChI=1S/C7H15NO2/c1-7(8-4-5-9)3-2-6-10-7/h8-9H,2-6H2,1H3. The minimum absolute atomic E-state index is 0.164. The van der Waals surface area contributed by atoms with Crippen LogP contribution >= 0.6 is 0 Å². The molecule has 3 nitrogen and oxygen atoms in total. The highest BCUT2D eigenvalue weighted by Crippen LogP contribution is 2.21. The van der Waals surface area contributed by atoms with E-state index >= 15 is 0 Å². The van der Waals surface area contributed by atoms with Crippen LogP contribution in [-0.4, -0.2) is 30.6 Å². The molecule has 1 saturated heterocycles. The van der Waals surface area contributed by atoms with Crippen LogP contribution in [0.1, 0.15) is 19.8 Å². The van der Waals surface area contributed by atoms with E-state index in [1.54, 1.807) is 0 Å². The first kappa shape index (κ1) is 7.98. The maximum absolute atomic E-state index is 8.52. The topological polar surface area (TPSA) is 41.5 Å². The summed E-state index contributed by atoms with van der Waals surface area (Å²) in [5.74, 6) is 0. The van der Waals surface area contributed by atoms with Crippen LogP contribution in [0.4, 0.5) is 0 Å². The molecule has 0 aliphatic carbocycles.